The number of aryl methyl sites for hydroxylation is 2. The molecule has 1 amide bonds. The van der Waals surface area contributed by atoms with Crippen molar-refractivity contribution < 1.29 is 4.79 Å². The highest BCUT2D eigenvalue weighted by molar-refractivity contribution is 5.94. The quantitative estimate of drug-likeness (QED) is 0.738. The molecule has 7 nitrogen and oxygen atoms in total. The predicted octanol–water partition coefficient (Wildman–Crippen LogP) is 2.36. The number of carbonyl (C=O) groups is 1. The van der Waals surface area contributed by atoms with Crippen LogP contribution in [0.2, 0.25) is 0 Å². The molecule has 0 radical (unpaired) electrons. The molecular formula is C19H21N5O2. The van der Waals surface area contributed by atoms with Crippen LogP contribution < -0.4 is 10.9 Å². The molecular weight excluding hydrogens is 330 g/mol. The lowest BCUT2D eigenvalue weighted by molar-refractivity contribution is 0.0934. The monoisotopic (exact) mass is 351 g/mol. The van der Waals surface area contributed by atoms with Crippen LogP contribution in [-0.4, -0.2) is 25.9 Å². The number of benzene rings is 1. The molecule has 0 aliphatic carbocycles. The van der Waals surface area contributed by atoms with Crippen LogP contribution in [0, 0.1) is 6.92 Å². The summed E-state index contributed by atoms with van der Waals surface area (Å²) in [5, 5.41) is 13.5. The van der Waals surface area contributed by atoms with Gasteiger partial charge in [0.05, 0.1) is 23.0 Å². The zero-order chi connectivity index (χ0) is 18.7. The molecule has 7 heteroatoms. The minimum Gasteiger partial charge on any atom is -0.344 e. The summed E-state index contributed by atoms with van der Waals surface area (Å²) >= 11 is 0. The van der Waals surface area contributed by atoms with Crippen molar-refractivity contribution in [3.05, 3.63) is 69.9 Å². The van der Waals surface area contributed by atoms with Gasteiger partial charge in [0.1, 0.15) is 0 Å². The second kappa shape index (κ2) is 7.35. The highest BCUT2D eigenvalue weighted by atomic mass is 16.1. The second-order valence-corrected chi connectivity index (χ2v) is 6.14. The first kappa shape index (κ1) is 17.6. The third-order valence-electron chi connectivity index (χ3n) is 4.32. The molecule has 0 bridgehead atoms. The lowest BCUT2D eigenvalue weighted by Gasteiger charge is -2.17. The molecule has 2 heterocycles. The zero-order valence-corrected chi connectivity index (χ0v) is 15.0. The lowest BCUT2D eigenvalue weighted by Crippen LogP contribution is -2.29. The van der Waals surface area contributed by atoms with Crippen molar-refractivity contribution in [1.29, 1.82) is 0 Å². The van der Waals surface area contributed by atoms with Gasteiger partial charge in [0, 0.05) is 18.8 Å². The Hall–Kier alpha value is -3.22. The fraction of sp³-hybridized carbons (Fsp3) is 0.263. The number of H-pyrrole nitrogens is 1. The maximum Gasteiger partial charge on any atom is 0.272 e. The third kappa shape index (κ3) is 3.56. The van der Waals surface area contributed by atoms with Gasteiger partial charge in [-0.05, 0) is 43.2 Å². The minimum absolute atomic E-state index is 0.111. The summed E-state index contributed by atoms with van der Waals surface area (Å²) in [4.78, 5) is 24.5. The molecule has 1 atom stereocenters. The van der Waals surface area contributed by atoms with Gasteiger partial charge in [0.25, 0.3) is 11.5 Å². The molecule has 3 rings (SSSR count). The molecule has 0 fully saturated rings. The van der Waals surface area contributed by atoms with Crippen LogP contribution in [0.5, 0.6) is 0 Å². The molecule has 134 valence electrons. The summed E-state index contributed by atoms with van der Waals surface area (Å²) in [6.45, 7) is 3.82. The molecule has 0 aliphatic heterocycles. The maximum atomic E-state index is 12.6. The Balaban J connectivity index is 1.80. The average molecular weight is 351 g/mol. The number of nitrogens with one attached hydrogen (secondary N) is 2. The Morgan fingerprint density at radius 3 is 2.62 bits per heavy atom. The van der Waals surface area contributed by atoms with Crippen LogP contribution in [0.4, 0.5) is 0 Å². The minimum atomic E-state index is -0.255. The fourth-order valence-electron chi connectivity index (χ4n) is 2.87. The molecule has 0 saturated carbocycles. The maximum absolute atomic E-state index is 12.6. The zero-order valence-electron chi connectivity index (χ0n) is 15.0. The van der Waals surface area contributed by atoms with E-state index in [0.717, 1.165) is 23.4 Å². The van der Waals surface area contributed by atoms with Crippen molar-refractivity contribution in [2.24, 2.45) is 7.05 Å². The summed E-state index contributed by atoms with van der Waals surface area (Å²) in [5.74, 6) is -0.163. The highest BCUT2D eigenvalue weighted by Gasteiger charge is 2.17. The average Bonchev–Trinajstić information content (AvgIpc) is 3.07. The first-order chi connectivity index (χ1) is 12.5. The van der Waals surface area contributed by atoms with Crippen molar-refractivity contribution in [2.45, 2.75) is 26.3 Å². The lowest BCUT2D eigenvalue weighted by atomic mass is 10.0. The van der Waals surface area contributed by atoms with Gasteiger partial charge >= 0.3 is 0 Å². The van der Waals surface area contributed by atoms with Crippen molar-refractivity contribution in [1.82, 2.24) is 25.3 Å². The Kier molecular flexibility index (Phi) is 4.97. The van der Waals surface area contributed by atoms with Crippen LogP contribution in [0.3, 0.4) is 0 Å². The number of amides is 1. The van der Waals surface area contributed by atoms with Crippen LogP contribution in [0.25, 0.3) is 11.1 Å². The Labute approximate surface area is 151 Å². The molecule has 0 aliphatic rings. The van der Waals surface area contributed by atoms with Gasteiger partial charge < -0.3 is 5.32 Å². The summed E-state index contributed by atoms with van der Waals surface area (Å²) < 4.78 is 1.76. The molecule has 0 saturated heterocycles. The summed E-state index contributed by atoms with van der Waals surface area (Å²) in [6.07, 6.45) is 2.47. The van der Waals surface area contributed by atoms with Crippen LogP contribution >= 0.6 is 0 Å². The number of hydrogen-bond donors (Lipinski definition) is 2. The fourth-order valence-corrected chi connectivity index (χ4v) is 2.87. The largest absolute Gasteiger partial charge is 0.344 e. The Morgan fingerprint density at radius 1 is 1.27 bits per heavy atom. The van der Waals surface area contributed by atoms with Crippen LogP contribution in [0.1, 0.15) is 41.1 Å². The normalized spacial score (nSPS) is 12.0. The molecule has 2 N–H and O–H groups in total. The van der Waals surface area contributed by atoms with Gasteiger partial charge in [-0.1, -0.05) is 19.1 Å². The topological polar surface area (TPSA) is 92.7 Å². The number of aromatic amines is 1. The van der Waals surface area contributed by atoms with Crippen LogP contribution in [0.15, 0.2) is 47.4 Å². The van der Waals surface area contributed by atoms with Crippen molar-refractivity contribution >= 4 is 5.91 Å². The van der Waals surface area contributed by atoms with Gasteiger partial charge in [0.2, 0.25) is 0 Å². The Morgan fingerprint density at radius 2 is 2.00 bits per heavy atom. The Bertz CT molecular complexity index is 972. The number of carbonyl (C=O) groups excluding carboxylic acids is 1. The van der Waals surface area contributed by atoms with Crippen molar-refractivity contribution in [2.75, 3.05) is 0 Å². The van der Waals surface area contributed by atoms with E-state index in [0.29, 0.717) is 11.1 Å². The van der Waals surface area contributed by atoms with E-state index >= 15 is 0 Å². The van der Waals surface area contributed by atoms with E-state index in [9.17, 15) is 9.59 Å². The van der Waals surface area contributed by atoms with E-state index in [1.807, 2.05) is 27.0 Å². The van der Waals surface area contributed by atoms with E-state index in [1.54, 1.807) is 41.2 Å². The van der Waals surface area contributed by atoms with Gasteiger partial charge in [-0.15, -0.1) is 0 Å². The number of aromatic nitrogens is 4. The van der Waals surface area contributed by atoms with E-state index in [2.05, 4.69) is 20.6 Å². The number of nitrogens with zero attached hydrogens (tertiary/aromatic N) is 3. The van der Waals surface area contributed by atoms with Gasteiger partial charge in [-0.3, -0.25) is 14.3 Å². The molecule has 1 aromatic carbocycles. The van der Waals surface area contributed by atoms with Crippen LogP contribution in [-0.2, 0) is 7.05 Å². The van der Waals surface area contributed by atoms with E-state index in [4.69, 9.17) is 0 Å². The van der Waals surface area contributed by atoms with Gasteiger partial charge in [-0.2, -0.15) is 10.2 Å². The highest BCUT2D eigenvalue weighted by Crippen LogP contribution is 2.19. The standard InChI is InChI=1S/C19H21N5O2/c1-4-16(17-9-10-20-24(17)3)21-18(25)14-7-5-13(6-8-14)15-11-12(2)22-23-19(15)26/h5-11,16H,4H2,1-3H3,(H,21,25)(H,23,26)/t16-/m0/s1. The number of rotatable bonds is 5. The summed E-state index contributed by atoms with van der Waals surface area (Å²) in [7, 11) is 1.85. The first-order valence-corrected chi connectivity index (χ1v) is 8.45. The molecule has 2 aromatic heterocycles. The van der Waals surface area contributed by atoms with Crippen molar-refractivity contribution in [3.8, 4) is 11.1 Å². The molecule has 0 unspecified atom stereocenters. The molecule has 0 spiro atoms. The van der Waals surface area contributed by atoms with E-state index in [-0.39, 0.29) is 17.5 Å². The van der Waals surface area contributed by atoms with Gasteiger partial charge in [-0.25, -0.2) is 5.10 Å². The second-order valence-electron chi connectivity index (χ2n) is 6.14. The van der Waals surface area contributed by atoms with Crippen molar-refractivity contribution in [3.63, 3.8) is 0 Å². The smallest absolute Gasteiger partial charge is 0.272 e. The summed E-state index contributed by atoms with van der Waals surface area (Å²) in [5.41, 5.74) is 3.24. The number of hydrogen-bond acceptors (Lipinski definition) is 4. The predicted molar refractivity (Wildman–Crippen MR) is 98.7 cm³/mol. The van der Waals surface area contributed by atoms with Gasteiger partial charge in [0.15, 0.2) is 0 Å². The SMILES string of the molecule is CC[C@H](NC(=O)c1ccc(-c2cc(C)n[nH]c2=O)cc1)c1ccnn1C. The third-order valence-corrected chi connectivity index (χ3v) is 4.32. The molecule has 3 aromatic rings. The van der Waals surface area contributed by atoms with E-state index < -0.39 is 0 Å². The summed E-state index contributed by atoms with van der Waals surface area (Å²) in [6, 6.07) is 10.5. The first-order valence-electron chi connectivity index (χ1n) is 8.45. The van der Waals surface area contributed by atoms with E-state index in [1.165, 1.54) is 0 Å². The molecule has 26 heavy (non-hydrogen) atoms.